The SMILES string of the molecule is C=CCn1c(SC(C)C(=O)NCC(=O)Nc2c(C)cccc2C)nnc1-c1ccoc1C. The average Bonchev–Trinajstić information content (AvgIpc) is 3.35. The molecular formula is C23H27N5O3S. The summed E-state index contributed by atoms with van der Waals surface area (Å²) in [6, 6.07) is 7.63. The van der Waals surface area contributed by atoms with Gasteiger partial charge in [-0.2, -0.15) is 0 Å². The molecule has 3 aromatic rings. The van der Waals surface area contributed by atoms with Gasteiger partial charge in [0, 0.05) is 12.2 Å². The molecule has 0 aliphatic rings. The van der Waals surface area contributed by atoms with Gasteiger partial charge in [-0.15, -0.1) is 16.8 Å². The minimum atomic E-state index is -0.478. The van der Waals surface area contributed by atoms with Crippen LogP contribution in [0.3, 0.4) is 0 Å². The molecule has 2 amide bonds. The Morgan fingerprint density at radius 2 is 1.94 bits per heavy atom. The van der Waals surface area contributed by atoms with Crippen LogP contribution >= 0.6 is 11.8 Å². The van der Waals surface area contributed by atoms with Crippen molar-refractivity contribution >= 4 is 29.3 Å². The maximum atomic E-state index is 12.6. The highest BCUT2D eigenvalue weighted by molar-refractivity contribution is 8.00. The van der Waals surface area contributed by atoms with Crippen LogP contribution in [0.1, 0.15) is 23.8 Å². The lowest BCUT2D eigenvalue weighted by molar-refractivity contribution is -0.123. The van der Waals surface area contributed by atoms with Crippen molar-refractivity contribution in [2.24, 2.45) is 0 Å². The van der Waals surface area contributed by atoms with E-state index in [-0.39, 0.29) is 18.4 Å². The summed E-state index contributed by atoms with van der Waals surface area (Å²) in [6.07, 6.45) is 3.35. The van der Waals surface area contributed by atoms with Crippen molar-refractivity contribution in [3.05, 3.63) is 60.1 Å². The van der Waals surface area contributed by atoms with Crippen molar-refractivity contribution in [2.45, 2.75) is 44.6 Å². The van der Waals surface area contributed by atoms with Crippen molar-refractivity contribution < 1.29 is 14.0 Å². The minimum Gasteiger partial charge on any atom is -0.469 e. The molecule has 0 aliphatic carbocycles. The quantitative estimate of drug-likeness (QED) is 0.377. The fourth-order valence-electron chi connectivity index (χ4n) is 3.20. The minimum absolute atomic E-state index is 0.115. The van der Waals surface area contributed by atoms with E-state index in [1.54, 1.807) is 19.3 Å². The molecule has 0 spiro atoms. The third-order valence-corrected chi connectivity index (χ3v) is 6.03. The Morgan fingerprint density at radius 1 is 1.22 bits per heavy atom. The van der Waals surface area contributed by atoms with E-state index in [2.05, 4.69) is 27.4 Å². The number of thioether (sulfide) groups is 1. The van der Waals surface area contributed by atoms with Gasteiger partial charge in [0.05, 0.1) is 23.6 Å². The number of aromatic nitrogens is 3. The summed E-state index contributed by atoms with van der Waals surface area (Å²) < 4.78 is 7.26. The van der Waals surface area contributed by atoms with Gasteiger partial charge in [0.15, 0.2) is 11.0 Å². The standard InChI is InChI=1S/C23H27N5O3S/c1-6-11-28-21(18-10-12-31-16(18)4)26-27-23(28)32-17(5)22(30)24-13-19(29)25-20-14(2)8-7-9-15(20)3/h6-10,12,17H,1,11,13H2,2-5H3,(H,24,30)(H,25,29). The summed E-state index contributed by atoms with van der Waals surface area (Å²) in [5.74, 6) is 0.848. The number of benzene rings is 1. The summed E-state index contributed by atoms with van der Waals surface area (Å²) in [4.78, 5) is 24.9. The second-order valence-corrected chi connectivity index (χ2v) is 8.70. The maximum Gasteiger partial charge on any atom is 0.243 e. The van der Waals surface area contributed by atoms with Crippen LogP contribution in [-0.4, -0.2) is 38.4 Å². The van der Waals surface area contributed by atoms with Gasteiger partial charge >= 0.3 is 0 Å². The zero-order chi connectivity index (χ0) is 23.3. The van der Waals surface area contributed by atoms with Crippen LogP contribution in [0.2, 0.25) is 0 Å². The van der Waals surface area contributed by atoms with E-state index in [1.807, 2.05) is 49.6 Å². The van der Waals surface area contributed by atoms with Crippen LogP contribution in [0.5, 0.6) is 0 Å². The van der Waals surface area contributed by atoms with Gasteiger partial charge in [-0.1, -0.05) is 36.0 Å². The molecule has 0 fully saturated rings. The normalized spacial score (nSPS) is 11.8. The van der Waals surface area contributed by atoms with E-state index < -0.39 is 5.25 Å². The molecule has 2 N–H and O–H groups in total. The van der Waals surface area contributed by atoms with Gasteiger partial charge < -0.3 is 15.1 Å². The second kappa shape index (κ2) is 10.3. The van der Waals surface area contributed by atoms with Crippen molar-refractivity contribution in [2.75, 3.05) is 11.9 Å². The molecule has 1 aromatic carbocycles. The molecule has 0 aliphatic heterocycles. The van der Waals surface area contributed by atoms with Crippen molar-refractivity contribution in [3.63, 3.8) is 0 Å². The molecule has 1 atom stereocenters. The molecule has 8 nitrogen and oxygen atoms in total. The number of hydrogen-bond donors (Lipinski definition) is 2. The number of allylic oxidation sites excluding steroid dienone is 1. The Bertz CT molecular complexity index is 1110. The predicted octanol–water partition coefficient (Wildman–Crippen LogP) is 3.88. The summed E-state index contributed by atoms with van der Waals surface area (Å²) in [5, 5.41) is 14.2. The Kier molecular flexibility index (Phi) is 7.53. The van der Waals surface area contributed by atoms with Crippen LogP contribution in [0.25, 0.3) is 11.4 Å². The maximum absolute atomic E-state index is 12.6. The number of nitrogens with one attached hydrogen (secondary N) is 2. The van der Waals surface area contributed by atoms with Gasteiger partial charge in [-0.3, -0.25) is 14.2 Å². The highest BCUT2D eigenvalue weighted by atomic mass is 32.2. The number of rotatable bonds is 9. The summed E-state index contributed by atoms with van der Waals surface area (Å²) in [5.41, 5.74) is 3.55. The molecule has 0 bridgehead atoms. The molecule has 2 aromatic heterocycles. The van der Waals surface area contributed by atoms with Crippen LogP contribution in [0.4, 0.5) is 5.69 Å². The molecule has 9 heteroatoms. The number of anilines is 1. The number of para-hydroxylation sites is 1. The first-order valence-electron chi connectivity index (χ1n) is 10.2. The summed E-state index contributed by atoms with van der Waals surface area (Å²) >= 11 is 1.27. The number of hydrogen-bond acceptors (Lipinski definition) is 6. The van der Waals surface area contributed by atoms with Crippen LogP contribution in [0, 0.1) is 20.8 Å². The van der Waals surface area contributed by atoms with E-state index in [4.69, 9.17) is 4.42 Å². The first kappa shape index (κ1) is 23.3. The van der Waals surface area contributed by atoms with Crippen molar-refractivity contribution in [3.8, 4) is 11.4 Å². The lowest BCUT2D eigenvalue weighted by atomic mass is 10.1. The zero-order valence-corrected chi connectivity index (χ0v) is 19.5. The third-order valence-electron chi connectivity index (χ3n) is 4.95. The van der Waals surface area contributed by atoms with E-state index in [1.165, 1.54) is 11.8 Å². The van der Waals surface area contributed by atoms with Crippen molar-refractivity contribution in [1.29, 1.82) is 0 Å². The largest absolute Gasteiger partial charge is 0.469 e. The number of carbonyl (C=O) groups is 2. The topological polar surface area (TPSA) is 102 Å². The van der Waals surface area contributed by atoms with Crippen molar-refractivity contribution in [1.82, 2.24) is 20.1 Å². The van der Waals surface area contributed by atoms with E-state index in [0.717, 1.165) is 28.1 Å². The number of furan rings is 1. The molecule has 168 valence electrons. The molecule has 0 saturated carbocycles. The first-order valence-corrected chi connectivity index (χ1v) is 11.1. The summed E-state index contributed by atoms with van der Waals surface area (Å²) in [7, 11) is 0. The molecule has 0 saturated heterocycles. The molecule has 3 rings (SSSR count). The molecule has 32 heavy (non-hydrogen) atoms. The smallest absolute Gasteiger partial charge is 0.243 e. The van der Waals surface area contributed by atoms with Gasteiger partial charge in [-0.05, 0) is 44.9 Å². The summed E-state index contributed by atoms with van der Waals surface area (Å²) in [6.45, 7) is 11.6. The highest BCUT2D eigenvalue weighted by Crippen LogP contribution is 2.29. The lowest BCUT2D eigenvalue weighted by Gasteiger charge is -2.14. The molecule has 1 unspecified atom stereocenters. The fourth-order valence-corrected chi connectivity index (χ4v) is 4.09. The number of carbonyl (C=O) groups excluding carboxylic acids is 2. The van der Waals surface area contributed by atoms with E-state index in [9.17, 15) is 9.59 Å². The zero-order valence-electron chi connectivity index (χ0n) is 18.6. The lowest BCUT2D eigenvalue weighted by Crippen LogP contribution is -2.37. The van der Waals surface area contributed by atoms with E-state index in [0.29, 0.717) is 17.5 Å². The van der Waals surface area contributed by atoms with E-state index >= 15 is 0 Å². The monoisotopic (exact) mass is 453 g/mol. The molecular weight excluding hydrogens is 426 g/mol. The first-order chi connectivity index (χ1) is 15.3. The number of amides is 2. The Morgan fingerprint density at radius 3 is 2.56 bits per heavy atom. The predicted molar refractivity (Wildman–Crippen MR) is 126 cm³/mol. The van der Waals surface area contributed by atoms with Crippen LogP contribution < -0.4 is 10.6 Å². The van der Waals surface area contributed by atoms with Crippen LogP contribution in [-0.2, 0) is 16.1 Å². The molecule has 0 radical (unpaired) electrons. The second-order valence-electron chi connectivity index (χ2n) is 7.39. The van der Waals surface area contributed by atoms with Gasteiger partial charge in [0.1, 0.15) is 5.76 Å². The fraction of sp³-hybridized carbons (Fsp3) is 0.304. The Balaban J connectivity index is 1.62. The Hall–Kier alpha value is -3.33. The van der Waals surface area contributed by atoms with Gasteiger partial charge in [0.2, 0.25) is 11.8 Å². The van der Waals surface area contributed by atoms with Gasteiger partial charge in [0.25, 0.3) is 0 Å². The number of aryl methyl sites for hydroxylation is 3. The third kappa shape index (κ3) is 5.28. The average molecular weight is 454 g/mol. The number of nitrogens with zero attached hydrogens (tertiary/aromatic N) is 3. The molecule has 2 heterocycles. The highest BCUT2D eigenvalue weighted by Gasteiger charge is 2.22. The van der Waals surface area contributed by atoms with Gasteiger partial charge in [-0.25, -0.2) is 0 Å². The Labute approximate surface area is 191 Å². The van der Waals surface area contributed by atoms with Crippen LogP contribution in [0.15, 0.2) is 52.8 Å².